The van der Waals surface area contributed by atoms with Crippen LogP contribution in [0.25, 0.3) is 11.4 Å². The summed E-state index contributed by atoms with van der Waals surface area (Å²) in [5.74, 6) is -0.531. The van der Waals surface area contributed by atoms with Crippen molar-refractivity contribution in [2.45, 2.75) is 6.10 Å². The predicted octanol–water partition coefficient (Wildman–Crippen LogP) is 3.47. The molecule has 0 radical (unpaired) electrons. The maximum absolute atomic E-state index is 12.7. The molecule has 1 amide bonds. The van der Waals surface area contributed by atoms with E-state index >= 15 is 0 Å². The van der Waals surface area contributed by atoms with E-state index in [1.165, 1.54) is 0 Å². The first kappa shape index (κ1) is 24.3. The van der Waals surface area contributed by atoms with Gasteiger partial charge in [-0.2, -0.15) is 0 Å². The summed E-state index contributed by atoms with van der Waals surface area (Å²) >= 11 is 12.2. The van der Waals surface area contributed by atoms with Crippen LogP contribution in [0.15, 0.2) is 51.8 Å². The molecule has 32 heavy (non-hydrogen) atoms. The summed E-state index contributed by atoms with van der Waals surface area (Å²) in [5, 5.41) is 10.9. The van der Waals surface area contributed by atoms with Crippen LogP contribution in [0.1, 0.15) is 22.0 Å². The van der Waals surface area contributed by atoms with E-state index < -0.39 is 5.76 Å². The van der Waals surface area contributed by atoms with Crippen LogP contribution >= 0.6 is 35.6 Å². The lowest BCUT2D eigenvalue weighted by Crippen LogP contribution is -2.36. The highest BCUT2D eigenvalue weighted by molar-refractivity contribution is 6.42. The molecule has 0 unspecified atom stereocenters. The predicted molar refractivity (Wildman–Crippen MR) is 124 cm³/mol. The monoisotopic (exact) mass is 498 g/mol. The second kappa shape index (κ2) is 11.0. The third-order valence-electron chi connectivity index (χ3n) is 5.07. The number of halogens is 3. The highest BCUT2D eigenvalue weighted by atomic mass is 35.5. The van der Waals surface area contributed by atoms with Gasteiger partial charge in [0.15, 0.2) is 5.82 Å². The van der Waals surface area contributed by atoms with Crippen molar-refractivity contribution >= 4 is 41.5 Å². The Morgan fingerprint density at radius 2 is 1.94 bits per heavy atom. The van der Waals surface area contributed by atoms with Crippen LogP contribution in [0.2, 0.25) is 10.0 Å². The second-order valence-corrected chi connectivity index (χ2v) is 7.97. The van der Waals surface area contributed by atoms with Crippen molar-refractivity contribution in [3.05, 3.63) is 74.2 Å². The van der Waals surface area contributed by atoms with Crippen LogP contribution in [0, 0.1) is 5.92 Å². The van der Waals surface area contributed by atoms with Gasteiger partial charge in [-0.3, -0.25) is 14.3 Å². The summed E-state index contributed by atoms with van der Waals surface area (Å²) in [4.78, 5) is 26.2. The van der Waals surface area contributed by atoms with Gasteiger partial charge in [-0.15, -0.1) is 12.4 Å². The van der Waals surface area contributed by atoms with Gasteiger partial charge >= 0.3 is 5.76 Å². The maximum Gasteiger partial charge on any atom is 0.439 e. The molecule has 2 aromatic carbocycles. The van der Waals surface area contributed by atoms with E-state index in [0.717, 1.165) is 12.1 Å². The number of carbonyl (C=O) groups is 1. The molecule has 2 atom stereocenters. The molecule has 0 aliphatic carbocycles. The number of nitrogens with one attached hydrogen (secondary N) is 3. The van der Waals surface area contributed by atoms with Crippen LogP contribution in [0.5, 0.6) is 0 Å². The van der Waals surface area contributed by atoms with Gasteiger partial charge in [0.05, 0.1) is 22.8 Å². The number of hydrogen-bond acceptors (Lipinski definition) is 6. The molecule has 170 valence electrons. The second-order valence-electron chi connectivity index (χ2n) is 7.16. The molecule has 1 fully saturated rings. The number of nitrogens with zero attached hydrogens (tertiary/aromatic N) is 1. The Morgan fingerprint density at radius 3 is 2.62 bits per heavy atom. The lowest BCUT2D eigenvalue weighted by molar-refractivity contribution is 0.0306. The SMILES string of the molecule is Cl.O=C(NC[C@@H]1CNCCO[C@H]1c1ccc(Cl)c(Cl)c1)c1ccc(-c2noc(=O)[nH]2)cc1. The summed E-state index contributed by atoms with van der Waals surface area (Å²) in [6, 6.07) is 12.2. The van der Waals surface area contributed by atoms with Crippen LogP contribution < -0.4 is 16.4 Å². The van der Waals surface area contributed by atoms with Gasteiger partial charge in [0.2, 0.25) is 0 Å². The Morgan fingerprint density at radius 1 is 1.16 bits per heavy atom. The van der Waals surface area contributed by atoms with Crippen LogP contribution in [-0.2, 0) is 4.74 Å². The normalized spacial score (nSPS) is 18.4. The zero-order valence-electron chi connectivity index (χ0n) is 16.8. The summed E-state index contributed by atoms with van der Waals surface area (Å²) < 4.78 is 10.5. The van der Waals surface area contributed by atoms with Gasteiger partial charge in [0.25, 0.3) is 5.91 Å². The Hall–Kier alpha value is -2.36. The van der Waals surface area contributed by atoms with Gasteiger partial charge < -0.3 is 15.4 Å². The van der Waals surface area contributed by atoms with Crippen molar-refractivity contribution in [1.82, 2.24) is 20.8 Å². The van der Waals surface area contributed by atoms with E-state index in [-0.39, 0.29) is 30.3 Å². The molecule has 0 saturated carbocycles. The Labute approximate surface area is 200 Å². The average molecular weight is 500 g/mol. The molecule has 2 heterocycles. The smallest absolute Gasteiger partial charge is 0.372 e. The third kappa shape index (κ3) is 5.70. The van der Waals surface area contributed by atoms with Crippen molar-refractivity contribution in [3.8, 4) is 11.4 Å². The van der Waals surface area contributed by atoms with Gasteiger partial charge in [0.1, 0.15) is 0 Å². The minimum Gasteiger partial charge on any atom is -0.372 e. The van der Waals surface area contributed by atoms with E-state index in [4.69, 9.17) is 27.9 Å². The first-order valence-electron chi connectivity index (χ1n) is 9.73. The summed E-state index contributed by atoms with van der Waals surface area (Å²) in [5.41, 5.74) is 2.05. The Kier molecular flexibility index (Phi) is 8.33. The summed E-state index contributed by atoms with van der Waals surface area (Å²) in [6.07, 6.45) is -0.226. The van der Waals surface area contributed by atoms with Crippen molar-refractivity contribution < 1.29 is 14.1 Å². The number of hydrogen-bond donors (Lipinski definition) is 3. The fraction of sp³-hybridized carbons (Fsp3) is 0.286. The molecule has 11 heteroatoms. The van der Waals surface area contributed by atoms with Crippen LogP contribution in [0.3, 0.4) is 0 Å². The van der Waals surface area contributed by atoms with Crippen LogP contribution in [0.4, 0.5) is 0 Å². The molecule has 3 N–H and O–H groups in total. The van der Waals surface area contributed by atoms with Crippen molar-refractivity contribution in [3.63, 3.8) is 0 Å². The molecule has 0 bridgehead atoms. The Bertz CT molecular complexity index is 1120. The quantitative estimate of drug-likeness (QED) is 0.496. The third-order valence-corrected chi connectivity index (χ3v) is 5.81. The summed E-state index contributed by atoms with van der Waals surface area (Å²) in [7, 11) is 0. The molecular formula is C21H21Cl3N4O4. The topological polar surface area (TPSA) is 109 Å². The van der Waals surface area contributed by atoms with Gasteiger partial charge in [-0.1, -0.05) is 46.6 Å². The minimum absolute atomic E-state index is 0. The standard InChI is InChI=1S/C21H20Cl2N4O4.ClH/c22-16-6-5-14(9-17(16)23)18-15(10-24-7-8-30-18)11-25-20(28)13-3-1-12(2-4-13)19-26-21(29)31-27-19;/h1-6,9,15,18,24H,7-8,10-11H2,(H,25,28)(H,26,27,29);1H/t15-,18-;/m0./s1. The minimum atomic E-state index is -0.632. The van der Waals surface area contributed by atoms with E-state index in [0.29, 0.717) is 46.7 Å². The number of amides is 1. The molecule has 3 aromatic rings. The molecular weight excluding hydrogens is 479 g/mol. The van der Waals surface area contributed by atoms with Gasteiger partial charge in [-0.25, -0.2) is 4.79 Å². The van der Waals surface area contributed by atoms with E-state index in [2.05, 4.69) is 25.3 Å². The number of aromatic nitrogens is 2. The molecule has 0 spiro atoms. The molecule has 1 aliphatic rings. The highest BCUT2D eigenvalue weighted by Gasteiger charge is 2.27. The molecule has 1 saturated heterocycles. The lowest BCUT2D eigenvalue weighted by atomic mass is 9.95. The number of aromatic amines is 1. The van der Waals surface area contributed by atoms with Crippen molar-refractivity contribution in [1.29, 1.82) is 0 Å². The van der Waals surface area contributed by atoms with Crippen molar-refractivity contribution in [2.24, 2.45) is 5.92 Å². The number of benzene rings is 2. The van der Waals surface area contributed by atoms with E-state index in [9.17, 15) is 9.59 Å². The van der Waals surface area contributed by atoms with E-state index in [1.54, 1.807) is 30.3 Å². The number of H-pyrrole nitrogens is 1. The maximum atomic E-state index is 12.7. The van der Waals surface area contributed by atoms with Crippen LogP contribution in [-0.4, -0.2) is 42.3 Å². The van der Waals surface area contributed by atoms with Gasteiger partial charge in [-0.05, 0) is 29.8 Å². The molecule has 4 rings (SSSR count). The molecule has 8 nitrogen and oxygen atoms in total. The number of ether oxygens (including phenoxy) is 1. The largest absolute Gasteiger partial charge is 0.439 e. The van der Waals surface area contributed by atoms with E-state index in [1.807, 2.05) is 12.1 Å². The summed E-state index contributed by atoms with van der Waals surface area (Å²) in [6.45, 7) is 2.38. The first-order chi connectivity index (χ1) is 15.0. The molecule has 1 aromatic heterocycles. The zero-order chi connectivity index (χ0) is 21.8. The average Bonchev–Trinajstić information content (AvgIpc) is 3.07. The number of rotatable bonds is 5. The number of carbonyl (C=O) groups excluding carboxylic acids is 1. The Balaban J connectivity index is 0.00000289. The fourth-order valence-corrected chi connectivity index (χ4v) is 3.79. The first-order valence-corrected chi connectivity index (χ1v) is 10.5. The van der Waals surface area contributed by atoms with Crippen molar-refractivity contribution in [2.75, 3.05) is 26.2 Å². The lowest BCUT2D eigenvalue weighted by Gasteiger charge is -2.25. The zero-order valence-corrected chi connectivity index (χ0v) is 19.1. The van der Waals surface area contributed by atoms with Gasteiger partial charge in [0, 0.05) is 36.7 Å². The molecule has 1 aliphatic heterocycles. The highest BCUT2D eigenvalue weighted by Crippen LogP contribution is 2.32. The fourth-order valence-electron chi connectivity index (χ4n) is 3.49.